The van der Waals surface area contributed by atoms with Crippen molar-refractivity contribution in [3.8, 4) is 5.75 Å². The molecule has 1 N–H and O–H groups in total. The Balaban J connectivity index is 1.91. The van der Waals surface area contributed by atoms with E-state index in [1.807, 2.05) is 36.9 Å². The lowest BCUT2D eigenvalue weighted by molar-refractivity contribution is 0.411. The van der Waals surface area contributed by atoms with Crippen LogP contribution in [0.1, 0.15) is 5.56 Å². The van der Waals surface area contributed by atoms with E-state index in [9.17, 15) is 8.42 Å². The summed E-state index contributed by atoms with van der Waals surface area (Å²) in [5.41, 5.74) is 1.26. The van der Waals surface area contributed by atoms with Crippen LogP contribution in [0, 0.1) is 6.92 Å². The number of methoxy groups -OCH3 is 1. The Kier molecular flexibility index (Phi) is 5.24. The van der Waals surface area contributed by atoms with Crippen LogP contribution in [0.25, 0.3) is 0 Å². The van der Waals surface area contributed by atoms with Gasteiger partial charge in [-0.25, -0.2) is 13.4 Å². The second-order valence-electron chi connectivity index (χ2n) is 5.66. The van der Waals surface area contributed by atoms with Crippen LogP contribution >= 0.6 is 11.8 Å². The standard InChI is InChI=1S/C18H19N3O3S2/c1-13-12-14(8-9-16(13)24-3)26(22,23)20-15-6-4-5-7-17(15)25-18-19-10-11-21(18)2/h4-12,20H,1-3H3. The van der Waals surface area contributed by atoms with E-state index in [0.29, 0.717) is 11.4 Å². The third-order valence-corrected chi connectivity index (χ3v) is 6.30. The number of sulfonamides is 1. The molecular weight excluding hydrogens is 370 g/mol. The van der Waals surface area contributed by atoms with Crippen LogP contribution in [-0.4, -0.2) is 25.1 Å². The number of hydrogen-bond donors (Lipinski definition) is 1. The zero-order valence-electron chi connectivity index (χ0n) is 14.6. The van der Waals surface area contributed by atoms with Gasteiger partial charge in [-0.2, -0.15) is 0 Å². The van der Waals surface area contributed by atoms with Gasteiger partial charge in [0.1, 0.15) is 5.75 Å². The van der Waals surface area contributed by atoms with Gasteiger partial charge in [-0.15, -0.1) is 0 Å². The van der Waals surface area contributed by atoms with Gasteiger partial charge in [0, 0.05) is 24.3 Å². The smallest absolute Gasteiger partial charge is 0.261 e. The number of imidazole rings is 1. The largest absolute Gasteiger partial charge is 0.496 e. The normalized spacial score (nSPS) is 11.3. The summed E-state index contributed by atoms with van der Waals surface area (Å²) in [7, 11) is -0.272. The molecule has 1 aromatic heterocycles. The zero-order chi connectivity index (χ0) is 18.7. The molecular formula is C18H19N3O3S2. The molecule has 0 aliphatic carbocycles. The number of nitrogens with zero attached hydrogens (tertiary/aromatic N) is 2. The fourth-order valence-corrected chi connectivity index (χ4v) is 4.53. The topological polar surface area (TPSA) is 73.2 Å². The molecule has 3 rings (SSSR count). The van der Waals surface area contributed by atoms with Gasteiger partial charge < -0.3 is 9.30 Å². The minimum absolute atomic E-state index is 0.188. The van der Waals surface area contributed by atoms with Crippen molar-refractivity contribution in [3.63, 3.8) is 0 Å². The van der Waals surface area contributed by atoms with Crippen molar-refractivity contribution >= 4 is 27.5 Å². The quantitative estimate of drug-likeness (QED) is 0.696. The van der Waals surface area contributed by atoms with Crippen molar-refractivity contribution in [1.82, 2.24) is 9.55 Å². The molecule has 0 aliphatic heterocycles. The summed E-state index contributed by atoms with van der Waals surface area (Å²) in [6, 6.07) is 12.0. The first kappa shape index (κ1) is 18.3. The Morgan fingerprint density at radius 2 is 1.96 bits per heavy atom. The van der Waals surface area contributed by atoms with E-state index in [-0.39, 0.29) is 4.90 Å². The van der Waals surface area contributed by atoms with Crippen LogP contribution in [0.3, 0.4) is 0 Å². The van der Waals surface area contributed by atoms with Gasteiger partial charge >= 0.3 is 0 Å². The summed E-state index contributed by atoms with van der Waals surface area (Å²) in [5, 5.41) is 0.775. The Morgan fingerprint density at radius 3 is 2.62 bits per heavy atom. The van der Waals surface area contributed by atoms with Gasteiger partial charge in [0.2, 0.25) is 0 Å². The van der Waals surface area contributed by atoms with E-state index in [1.54, 1.807) is 37.6 Å². The highest BCUT2D eigenvalue weighted by molar-refractivity contribution is 7.99. The predicted octanol–water partition coefficient (Wildman–Crippen LogP) is 3.69. The molecule has 0 radical (unpaired) electrons. The monoisotopic (exact) mass is 389 g/mol. The molecule has 0 atom stereocenters. The number of para-hydroxylation sites is 1. The lowest BCUT2D eigenvalue weighted by Crippen LogP contribution is -2.13. The van der Waals surface area contributed by atoms with Gasteiger partial charge in [-0.05, 0) is 54.6 Å². The maximum Gasteiger partial charge on any atom is 0.261 e. The molecule has 3 aromatic rings. The highest BCUT2D eigenvalue weighted by Crippen LogP contribution is 2.33. The van der Waals surface area contributed by atoms with E-state index in [2.05, 4.69) is 9.71 Å². The molecule has 0 saturated carbocycles. The van der Waals surface area contributed by atoms with Crippen molar-refractivity contribution in [2.24, 2.45) is 7.05 Å². The van der Waals surface area contributed by atoms with Crippen LogP contribution < -0.4 is 9.46 Å². The van der Waals surface area contributed by atoms with Crippen LogP contribution in [0.15, 0.2) is 69.8 Å². The summed E-state index contributed by atoms with van der Waals surface area (Å²) >= 11 is 1.40. The molecule has 2 aromatic carbocycles. The lowest BCUT2D eigenvalue weighted by atomic mass is 10.2. The van der Waals surface area contributed by atoms with Crippen LogP contribution in [-0.2, 0) is 17.1 Å². The first-order chi connectivity index (χ1) is 12.4. The molecule has 6 nitrogen and oxygen atoms in total. The fourth-order valence-electron chi connectivity index (χ4n) is 2.41. The van der Waals surface area contributed by atoms with E-state index >= 15 is 0 Å². The number of hydrogen-bond acceptors (Lipinski definition) is 5. The molecule has 0 amide bonds. The Hall–Kier alpha value is -2.45. The molecule has 0 bridgehead atoms. The maximum absolute atomic E-state index is 12.8. The molecule has 0 aliphatic rings. The number of benzene rings is 2. The highest BCUT2D eigenvalue weighted by Gasteiger charge is 2.18. The molecule has 8 heteroatoms. The molecule has 26 heavy (non-hydrogen) atoms. The Morgan fingerprint density at radius 1 is 1.19 bits per heavy atom. The summed E-state index contributed by atoms with van der Waals surface area (Å²) < 4.78 is 35.3. The van der Waals surface area contributed by atoms with Gasteiger partial charge in [-0.1, -0.05) is 12.1 Å². The van der Waals surface area contributed by atoms with Gasteiger partial charge in [0.05, 0.1) is 17.7 Å². The van der Waals surface area contributed by atoms with Gasteiger partial charge in [0.15, 0.2) is 5.16 Å². The van der Waals surface area contributed by atoms with Crippen molar-refractivity contribution in [2.75, 3.05) is 11.8 Å². The summed E-state index contributed by atoms with van der Waals surface area (Å²) in [6.07, 6.45) is 3.55. The first-order valence-corrected chi connectivity index (χ1v) is 10.1. The molecule has 0 unspecified atom stereocenters. The van der Waals surface area contributed by atoms with E-state index in [4.69, 9.17) is 4.74 Å². The van der Waals surface area contributed by atoms with Crippen molar-refractivity contribution in [3.05, 3.63) is 60.4 Å². The number of aryl methyl sites for hydroxylation is 2. The minimum atomic E-state index is -3.72. The third kappa shape index (κ3) is 3.86. The second-order valence-corrected chi connectivity index (χ2v) is 8.35. The Bertz CT molecular complexity index is 1030. The van der Waals surface area contributed by atoms with Gasteiger partial charge in [-0.3, -0.25) is 4.72 Å². The molecule has 1 heterocycles. The maximum atomic E-state index is 12.8. The van der Waals surface area contributed by atoms with Crippen molar-refractivity contribution < 1.29 is 13.2 Å². The average Bonchev–Trinajstić information content (AvgIpc) is 3.01. The van der Waals surface area contributed by atoms with Crippen molar-refractivity contribution in [2.45, 2.75) is 21.9 Å². The minimum Gasteiger partial charge on any atom is -0.496 e. The lowest BCUT2D eigenvalue weighted by Gasteiger charge is -2.13. The van der Waals surface area contributed by atoms with E-state index in [0.717, 1.165) is 15.6 Å². The van der Waals surface area contributed by atoms with Gasteiger partial charge in [0.25, 0.3) is 10.0 Å². The third-order valence-electron chi connectivity index (χ3n) is 3.79. The molecule has 136 valence electrons. The Labute approximate surface area is 157 Å². The number of aromatic nitrogens is 2. The average molecular weight is 390 g/mol. The van der Waals surface area contributed by atoms with Crippen molar-refractivity contribution in [1.29, 1.82) is 0 Å². The molecule has 0 fully saturated rings. The summed E-state index contributed by atoms with van der Waals surface area (Å²) in [6.45, 7) is 1.81. The number of anilines is 1. The molecule has 0 saturated heterocycles. The van der Waals surface area contributed by atoms with Crippen LogP contribution in [0.2, 0.25) is 0 Å². The molecule has 0 spiro atoms. The van der Waals surface area contributed by atoms with Crippen LogP contribution in [0.4, 0.5) is 5.69 Å². The summed E-state index contributed by atoms with van der Waals surface area (Å²) in [5.74, 6) is 0.648. The second kappa shape index (κ2) is 7.43. The number of ether oxygens (including phenoxy) is 1. The number of nitrogens with one attached hydrogen (secondary N) is 1. The first-order valence-electron chi connectivity index (χ1n) is 7.82. The van der Waals surface area contributed by atoms with Crippen LogP contribution in [0.5, 0.6) is 5.75 Å². The van der Waals surface area contributed by atoms with E-state index in [1.165, 1.54) is 17.8 Å². The highest BCUT2D eigenvalue weighted by atomic mass is 32.2. The summed E-state index contributed by atoms with van der Waals surface area (Å²) in [4.78, 5) is 5.23. The predicted molar refractivity (Wildman–Crippen MR) is 102 cm³/mol. The number of rotatable bonds is 6. The SMILES string of the molecule is COc1ccc(S(=O)(=O)Nc2ccccc2Sc2nccn2C)cc1C. The van der Waals surface area contributed by atoms with E-state index < -0.39 is 10.0 Å². The fraction of sp³-hybridized carbons (Fsp3) is 0.167. The zero-order valence-corrected chi connectivity index (χ0v) is 16.3.